The van der Waals surface area contributed by atoms with E-state index in [1.54, 1.807) is 27.7 Å². The Morgan fingerprint density at radius 1 is 1.05 bits per heavy atom. The smallest absolute Gasteiger partial charge is 0.407 e. The molecule has 1 atom stereocenters. The van der Waals surface area contributed by atoms with Crippen molar-refractivity contribution in [2.75, 3.05) is 13.2 Å². The van der Waals surface area contributed by atoms with Gasteiger partial charge < -0.3 is 19.9 Å². The second-order valence-electron chi connectivity index (χ2n) is 7.51. The zero-order valence-corrected chi connectivity index (χ0v) is 14.9. The van der Waals surface area contributed by atoms with Gasteiger partial charge in [-0.1, -0.05) is 6.92 Å². The van der Waals surface area contributed by atoms with Gasteiger partial charge in [0.1, 0.15) is 5.60 Å². The van der Waals surface area contributed by atoms with E-state index < -0.39 is 23.1 Å². The molecule has 0 aromatic carbocycles. The van der Waals surface area contributed by atoms with Gasteiger partial charge in [-0.15, -0.1) is 0 Å². The maximum Gasteiger partial charge on any atom is 0.407 e. The minimum absolute atomic E-state index is 0.0151. The Balaban J connectivity index is 4.70. The van der Waals surface area contributed by atoms with Crippen LogP contribution in [0.1, 0.15) is 61.3 Å². The molecule has 0 aliphatic rings. The molecule has 0 aromatic heterocycles. The molecule has 2 N–H and O–H groups in total. The van der Waals surface area contributed by atoms with Crippen LogP contribution in [0.15, 0.2) is 0 Å². The molecule has 0 bridgehead atoms. The molecule has 0 spiro atoms. The predicted molar refractivity (Wildman–Crippen MR) is 84.9 cm³/mol. The van der Waals surface area contributed by atoms with Crippen molar-refractivity contribution in [3.8, 4) is 0 Å². The third kappa shape index (κ3) is 8.22. The molecule has 6 nitrogen and oxygen atoms in total. The minimum atomic E-state index is -1.05. The summed E-state index contributed by atoms with van der Waals surface area (Å²) in [4.78, 5) is 23.4. The van der Waals surface area contributed by atoms with Gasteiger partial charge in [0, 0.05) is 13.2 Å². The van der Waals surface area contributed by atoms with Crippen molar-refractivity contribution in [1.29, 1.82) is 0 Å². The lowest BCUT2D eigenvalue weighted by atomic mass is 9.82. The molecular weight excluding hydrogens is 286 g/mol. The van der Waals surface area contributed by atoms with Crippen molar-refractivity contribution in [3.05, 3.63) is 0 Å². The van der Waals surface area contributed by atoms with Crippen LogP contribution in [0.2, 0.25) is 0 Å². The Kier molecular flexibility index (Phi) is 7.35. The average Bonchev–Trinajstić information content (AvgIpc) is 2.29. The van der Waals surface area contributed by atoms with E-state index in [-0.39, 0.29) is 12.1 Å². The Bertz CT molecular complexity index is 381. The van der Waals surface area contributed by atoms with Crippen molar-refractivity contribution in [2.24, 2.45) is 5.41 Å². The maximum atomic E-state index is 11.7. The number of ether oxygens (including phenoxy) is 2. The van der Waals surface area contributed by atoms with Gasteiger partial charge in [0.2, 0.25) is 0 Å². The molecule has 0 radical (unpaired) electrons. The van der Waals surface area contributed by atoms with Crippen LogP contribution in [0.25, 0.3) is 0 Å². The average molecular weight is 317 g/mol. The fraction of sp³-hybridized carbons (Fsp3) is 0.875. The largest absolute Gasteiger partial charge is 0.481 e. The molecule has 1 unspecified atom stereocenters. The lowest BCUT2D eigenvalue weighted by Crippen LogP contribution is -2.45. The lowest BCUT2D eigenvalue weighted by molar-refractivity contribution is -0.151. The normalized spacial score (nSPS) is 15.0. The first-order valence-electron chi connectivity index (χ1n) is 7.65. The van der Waals surface area contributed by atoms with Crippen molar-refractivity contribution in [2.45, 2.75) is 72.5 Å². The first kappa shape index (κ1) is 20.7. The Hall–Kier alpha value is -1.30. The van der Waals surface area contributed by atoms with Crippen molar-refractivity contribution < 1.29 is 24.2 Å². The summed E-state index contributed by atoms with van der Waals surface area (Å²) >= 11 is 0. The fourth-order valence-corrected chi connectivity index (χ4v) is 1.83. The summed E-state index contributed by atoms with van der Waals surface area (Å²) in [5.41, 5.74) is -1.99. The molecule has 0 rings (SSSR count). The van der Waals surface area contributed by atoms with E-state index >= 15 is 0 Å². The summed E-state index contributed by atoms with van der Waals surface area (Å²) in [6.07, 6.45) is 0.112. The minimum Gasteiger partial charge on any atom is -0.481 e. The maximum absolute atomic E-state index is 11.7. The highest BCUT2D eigenvalue weighted by atomic mass is 16.6. The molecular formula is C16H31NO5. The molecule has 6 heteroatoms. The summed E-state index contributed by atoms with van der Waals surface area (Å²) in [5, 5.41) is 12.1. The zero-order valence-electron chi connectivity index (χ0n) is 14.9. The van der Waals surface area contributed by atoms with Crippen LogP contribution in [0.4, 0.5) is 4.79 Å². The molecule has 0 saturated carbocycles. The van der Waals surface area contributed by atoms with Crippen molar-refractivity contribution in [3.63, 3.8) is 0 Å². The summed E-state index contributed by atoms with van der Waals surface area (Å²) in [6, 6.07) is 0. The SMILES string of the molecule is CCC(CCOC(C)(C)C)(CNC(=O)OC(C)(C)C)C(=O)O. The predicted octanol–water partition coefficient (Wildman–Crippen LogP) is 3.20. The second-order valence-corrected chi connectivity index (χ2v) is 7.51. The summed E-state index contributed by atoms with van der Waals surface area (Å²) < 4.78 is 10.8. The van der Waals surface area contributed by atoms with E-state index in [1.807, 2.05) is 20.8 Å². The molecule has 1 amide bonds. The lowest BCUT2D eigenvalue weighted by Gasteiger charge is -2.30. The molecule has 0 fully saturated rings. The third-order valence-corrected chi connectivity index (χ3v) is 3.22. The number of carboxylic acids is 1. The standard InChI is InChI=1S/C16H31NO5/c1-8-16(12(18)19,9-10-21-14(2,3)4)11-17-13(20)22-15(5,6)7/h8-11H2,1-7H3,(H,17,20)(H,18,19). The van der Waals surface area contributed by atoms with Gasteiger partial charge in [-0.2, -0.15) is 0 Å². The summed E-state index contributed by atoms with van der Waals surface area (Å²) in [6.45, 7) is 13.2. The summed E-state index contributed by atoms with van der Waals surface area (Å²) in [5.74, 6) is -0.941. The first-order valence-corrected chi connectivity index (χ1v) is 7.65. The zero-order chi connectivity index (χ0) is 17.6. The molecule has 0 saturated heterocycles. The first-order chi connectivity index (χ1) is 9.81. The van der Waals surface area contributed by atoms with E-state index in [2.05, 4.69) is 5.32 Å². The quantitative estimate of drug-likeness (QED) is 0.753. The van der Waals surface area contributed by atoms with E-state index in [0.29, 0.717) is 19.4 Å². The van der Waals surface area contributed by atoms with Crippen molar-refractivity contribution in [1.82, 2.24) is 5.32 Å². The van der Waals surface area contributed by atoms with Gasteiger partial charge >= 0.3 is 12.1 Å². The number of carbonyl (C=O) groups excluding carboxylic acids is 1. The van der Waals surface area contributed by atoms with Crippen LogP contribution in [-0.2, 0) is 14.3 Å². The third-order valence-electron chi connectivity index (χ3n) is 3.22. The van der Waals surface area contributed by atoms with Crippen LogP contribution >= 0.6 is 0 Å². The Morgan fingerprint density at radius 2 is 1.59 bits per heavy atom. The van der Waals surface area contributed by atoms with Gasteiger partial charge in [-0.3, -0.25) is 4.79 Å². The van der Waals surface area contributed by atoms with Crippen molar-refractivity contribution >= 4 is 12.1 Å². The molecule has 0 heterocycles. The molecule has 0 aromatic rings. The monoisotopic (exact) mass is 317 g/mol. The van der Waals surface area contributed by atoms with Crippen LogP contribution in [0.3, 0.4) is 0 Å². The number of carboxylic acid groups (broad SMARTS) is 1. The van der Waals surface area contributed by atoms with E-state index in [1.165, 1.54) is 0 Å². The Labute approximate surface area is 133 Å². The van der Waals surface area contributed by atoms with Gasteiger partial charge in [0.05, 0.1) is 11.0 Å². The number of hydrogen-bond acceptors (Lipinski definition) is 4. The second kappa shape index (κ2) is 7.81. The number of carbonyl (C=O) groups is 2. The van der Waals surface area contributed by atoms with E-state index in [4.69, 9.17) is 9.47 Å². The van der Waals surface area contributed by atoms with Crippen LogP contribution in [-0.4, -0.2) is 41.5 Å². The number of aliphatic carboxylic acids is 1. The van der Waals surface area contributed by atoms with Crippen LogP contribution in [0.5, 0.6) is 0 Å². The van der Waals surface area contributed by atoms with Gasteiger partial charge in [0.25, 0.3) is 0 Å². The molecule has 0 aliphatic carbocycles. The molecule has 0 aliphatic heterocycles. The van der Waals surface area contributed by atoms with Crippen LogP contribution < -0.4 is 5.32 Å². The highest BCUT2D eigenvalue weighted by Crippen LogP contribution is 2.27. The van der Waals surface area contributed by atoms with E-state index in [9.17, 15) is 14.7 Å². The number of nitrogens with one attached hydrogen (secondary N) is 1. The fourth-order valence-electron chi connectivity index (χ4n) is 1.83. The van der Waals surface area contributed by atoms with Gasteiger partial charge in [-0.25, -0.2) is 4.79 Å². The number of rotatable bonds is 7. The van der Waals surface area contributed by atoms with Crippen LogP contribution in [0, 0.1) is 5.41 Å². The number of alkyl carbamates (subject to hydrolysis) is 1. The molecule has 130 valence electrons. The Morgan fingerprint density at radius 3 is 1.95 bits per heavy atom. The number of amides is 1. The number of hydrogen-bond donors (Lipinski definition) is 2. The topological polar surface area (TPSA) is 84.9 Å². The molecule has 22 heavy (non-hydrogen) atoms. The summed E-state index contributed by atoms with van der Waals surface area (Å²) in [7, 11) is 0. The van der Waals surface area contributed by atoms with E-state index in [0.717, 1.165) is 0 Å². The van der Waals surface area contributed by atoms with Gasteiger partial charge in [0.15, 0.2) is 0 Å². The highest BCUT2D eigenvalue weighted by molar-refractivity contribution is 5.76. The van der Waals surface area contributed by atoms with Gasteiger partial charge in [-0.05, 0) is 54.4 Å². The highest BCUT2D eigenvalue weighted by Gasteiger charge is 2.37.